The zero-order chi connectivity index (χ0) is 24.6. The van der Waals surface area contributed by atoms with Gasteiger partial charge >= 0.3 is 5.97 Å². The third-order valence-electron chi connectivity index (χ3n) is 8.23. The molecule has 2 heterocycles. The fourth-order valence-electron chi connectivity index (χ4n) is 5.97. The van der Waals surface area contributed by atoms with Gasteiger partial charge in [-0.3, -0.25) is 4.79 Å². The van der Waals surface area contributed by atoms with Crippen molar-refractivity contribution in [2.45, 2.75) is 83.2 Å². The molecule has 2 aromatic heterocycles. The van der Waals surface area contributed by atoms with Gasteiger partial charge in [0.15, 0.2) is 0 Å². The Morgan fingerprint density at radius 2 is 1.91 bits per heavy atom. The summed E-state index contributed by atoms with van der Waals surface area (Å²) in [5.41, 5.74) is 1.16. The van der Waals surface area contributed by atoms with E-state index in [-0.39, 0.29) is 5.91 Å². The van der Waals surface area contributed by atoms with Crippen LogP contribution in [-0.2, 0) is 11.2 Å². The van der Waals surface area contributed by atoms with Crippen LogP contribution in [0, 0.1) is 11.8 Å². The lowest BCUT2D eigenvalue weighted by atomic mass is 9.77. The molecule has 2 N–H and O–H groups in total. The molecule has 3 aromatic rings. The number of aromatic nitrogens is 2. The highest BCUT2D eigenvalue weighted by atomic mass is 32.1. The maximum atomic E-state index is 13.2. The molecular formula is C28H35N3O3S. The van der Waals surface area contributed by atoms with Crippen molar-refractivity contribution in [1.29, 1.82) is 0 Å². The molecule has 2 fully saturated rings. The number of fused-ring (bicyclic) bond motifs is 1. The Morgan fingerprint density at radius 1 is 1.14 bits per heavy atom. The van der Waals surface area contributed by atoms with Gasteiger partial charge in [-0.15, -0.1) is 11.3 Å². The van der Waals surface area contributed by atoms with E-state index in [4.69, 9.17) is 4.98 Å². The number of nitrogens with one attached hydrogen (secondary N) is 1. The predicted octanol–water partition coefficient (Wildman–Crippen LogP) is 6.20. The number of imidazole rings is 1. The smallest absolute Gasteiger partial charge is 0.329 e. The van der Waals surface area contributed by atoms with Crippen molar-refractivity contribution < 1.29 is 14.7 Å². The van der Waals surface area contributed by atoms with E-state index in [9.17, 15) is 14.7 Å². The quantitative estimate of drug-likeness (QED) is 0.428. The summed E-state index contributed by atoms with van der Waals surface area (Å²) in [6.45, 7) is 4.47. The van der Waals surface area contributed by atoms with E-state index in [0.29, 0.717) is 36.3 Å². The molecule has 5 rings (SSSR count). The first-order valence-corrected chi connectivity index (χ1v) is 13.8. The second-order valence-electron chi connectivity index (χ2n) is 10.7. The Balaban J connectivity index is 1.48. The number of carboxylic acid groups (broad SMARTS) is 1. The second kappa shape index (κ2) is 9.76. The van der Waals surface area contributed by atoms with Crippen LogP contribution in [0.5, 0.6) is 0 Å². The summed E-state index contributed by atoms with van der Waals surface area (Å²) in [5, 5.41) is 14.9. The molecule has 0 aliphatic heterocycles. The molecule has 0 spiro atoms. The fourth-order valence-corrected chi connectivity index (χ4v) is 6.67. The third-order valence-corrected chi connectivity index (χ3v) is 9.10. The van der Waals surface area contributed by atoms with Gasteiger partial charge in [-0.25, -0.2) is 9.78 Å². The zero-order valence-corrected chi connectivity index (χ0v) is 21.4. The molecule has 0 saturated heterocycles. The lowest BCUT2D eigenvalue weighted by molar-refractivity contribution is -0.146. The highest BCUT2D eigenvalue weighted by molar-refractivity contribution is 7.09. The SMILES string of the molecule is CC1CCC(NC(=O)c2ccc3c(c2)nc(Cc2cccs2)n3C2CCCC[C@H]2C)(C(=O)O)CC1. The van der Waals surface area contributed by atoms with E-state index in [2.05, 4.69) is 41.2 Å². The molecular weight excluding hydrogens is 458 g/mol. The first kappa shape index (κ1) is 24.0. The van der Waals surface area contributed by atoms with E-state index in [1.54, 1.807) is 11.3 Å². The summed E-state index contributed by atoms with van der Waals surface area (Å²) in [6, 6.07) is 10.3. The van der Waals surface area contributed by atoms with Crippen molar-refractivity contribution in [3.63, 3.8) is 0 Å². The molecule has 1 amide bonds. The van der Waals surface area contributed by atoms with Crippen LogP contribution < -0.4 is 5.32 Å². The summed E-state index contributed by atoms with van der Waals surface area (Å²) in [4.78, 5) is 31.7. The van der Waals surface area contributed by atoms with Crippen LogP contribution in [0.1, 0.15) is 92.3 Å². The van der Waals surface area contributed by atoms with E-state index < -0.39 is 11.5 Å². The number of aliphatic carboxylic acids is 1. The second-order valence-corrected chi connectivity index (χ2v) is 11.7. The predicted molar refractivity (Wildman–Crippen MR) is 139 cm³/mol. The minimum absolute atomic E-state index is 0.329. The van der Waals surface area contributed by atoms with E-state index in [1.807, 2.05) is 18.2 Å². The first-order valence-electron chi connectivity index (χ1n) is 13.0. The minimum Gasteiger partial charge on any atom is -0.480 e. The Hall–Kier alpha value is -2.67. The van der Waals surface area contributed by atoms with Crippen LogP contribution in [0.2, 0.25) is 0 Å². The van der Waals surface area contributed by atoms with Crippen LogP contribution in [0.15, 0.2) is 35.7 Å². The van der Waals surface area contributed by atoms with Crippen molar-refractivity contribution in [2.75, 3.05) is 0 Å². The Labute approximate surface area is 210 Å². The van der Waals surface area contributed by atoms with Gasteiger partial charge in [0.25, 0.3) is 5.91 Å². The molecule has 2 atom stereocenters. The van der Waals surface area contributed by atoms with Gasteiger partial charge in [-0.1, -0.05) is 32.8 Å². The molecule has 2 aliphatic carbocycles. The van der Waals surface area contributed by atoms with Crippen molar-refractivity contribution in [3.05, 3.63) is 52.0 Å². The average molecular weight is 494 g/mol. The molecule has 6 nitrogen and oxygen atoms in total. The summed E-state index contributed by atoms with van der Waals surface area (Å²) in [6.07, 6.45) is 8.20. The minimum atomic E-state index is -1.18. The number of benzene rings is 1. The monoisotopic (exact) mass is 493 g/mol. The number of amides is 1. The van der Waals surface area contributed by atoms with Crippen LogP contribution in [0.3, 0.4) is 0 Å². The molecule has 7 heteroatoms. The van der Waals surface area contributed by atoms with Crippen LogP contribution in [0.25, 0.3) is 11.0 Å². The summed E-state index contributed by atoms with van der Waals surface area (Å²) >= 11 is 1.74. The zero-order valence-electron chi connectivity index (χ0n) is 20.6. The Bertz CT molecular complexity index is 1210. The Kier molecular flexibility index (Phi) is 6.71. The van der Waals surface area contributed by atoms with Gasteiger partial charge in [0.1, 0.15) is 11.4 Å². The fraction of sp³-hybridized carbons (Fsp3) is 0.536. The third kappa shape index (κ3) is 4.75. The maximum absolute atomic E-state index is 13.2. The van der Waals surface area contributed by atoms with Crippen LogP contribution in [-0.4, -0.2) is 32.1 Å². The molecule has 2 saturated carbocycles. The van der Waals surface area contributed by atoms with Crippen molar-refractivity contribution in [2.24, 2.45) is 11.8 Å². The van der Waals surface area contributed by atoms with Crippen molar-refractivity contribution in [3.8, 4) is 0 Å². The lowest BCUT2D eigenvalue weighted by Crippen LogP contribution is -2.56. The molecule has 1 unspecified atom stereocenters. The van der Waals surface area contributed by atoms with Gasteiger partial charge in [0.2, 0.25) is 0 Å². The van der Waals surface area contributed by atoms with Crippen molar-refractivity contribution in [1.82, 2.24) is 14.9 Å². The number of carbonyl (C=O) groups is 2. The van der Waals surface area contributed by atoms with Crippen LogP contribution >= 0.6 is 11.3 Å². The van der Waals surface area contributed by atoms with Crippen molar-refractivity contribution >= 4 is 34.2 Å². The number of nitrogens with zero attached hydrogens (tertiary/aromatic N) is 2. The molecule has 2 aliphatic rings. The number of hydrogen-bond acceptors (Lipinski definition) is 4. The lowest BCUT2D eigenvalue weighted by Gasteiger charge is -2.36. The topological polar surface area (TPSA) is 84.2 Å². The number of carbonyl (C=O) groups excluding carboxylic acids is 1. The highest BCUT2D eigenvalue weighted by Crippen LogP contribution is 2.38. The van der Waals surface area contributed by atoms with Gasteiger partial charge in [0, 0.05) is 22.9 Å². The van der Waals surface area contributed by atoms with E-state index in [0.717, 1.165) is 42.5 Å². The summed E-state index contributed by atoms with van der Waals surface area (Å²) in [7, 11) is 0. The van der Waals surface area contributed by atoms with Gasteiger partial charge in [-0.05, 0) is 80.0 Å². The van der Waals surface area contributed by atoms with E-state index in [1.165, 1.54) is 24.1 Å². The van der Waals surface area contributed by atoms with Gasteiger partial charge < -0.3 is 15.0 Å². The normalized spacial score (nSPS) is 27.1. The number of carboxylic acids is 1. The number of hydrogen-bond donors (Lipinski definition) is 2. The standard InChI is InChI=1S/C28H35N3O3S/c1-18-11-13-28(14-12-18,27(33)34)30-26(32)20-9-10-24-22(16-20)29-25(17-21-7-5-15-35-21)31(24)23-8-4-3-6-19(23)2/h5,7,9-10,15-16,18-19,23H,3-4,6,8,11-14,17H2,1-2H3,(H,30,32)(H,33,34)/t18?,19-,23?,28?/m1/s1. The molecule has 1 aromatic carbocycles. The molecule has 35 heavy (non-hydrogen) atoms. The maximum Gasteiger partial charge on any atom is 0.329 e. The summed E-state index contributed by atoms with van der Waals surface area (Å²) < 4.78 is 2.42. The average Bonchev–Trinajstić information content (AvgIpc) is 3.48. The van der Waals surface area contributed by atoms with Gasteiger partial charge in [-0.2, -0.15) is 0 Å². The van der Waals surface area contributed by atoms with E-state index >= 15 is 0 Å². The molecule has 186 valence electrons. The first-order chi connectivity index (χ1) is 16.9. The largest absolute Gasteiger partial charge is 0.480 e. The molecule has 0 bridgehead atoms. The summed E-state index contributed by atoms with van der Waals surface area (Å²) in [5.74, 6) is 0.845. The highest BCUT2D eigenvalue weighted by Gasteiger charge is 2.42. The number of thiophene rings is 1. The van der Waals surface area contributed by atoms with Gasteiger partial charge in [0.05, 0.1) is 11.0 Å². The Morgan fingerprint density at radius 3 is 2.60 bits per heavy atom. The molecule has 0 radical (unpaired) electrons. The van der Waals surface area contributed by atoms with Crippen LogP contribution in [0.4, 0.5) is 0 Å². The number of rotatable bonds is 6.